The van der Waals surface area contributed by atoms with Crippen LogP contribution in [0.1, 0.15) is 6.42 Å². The number of hydrogen-bond acceptors (Lipinski definition) is 6. The second kappa shape index (κ2) is 7.53. The van der Waals surface area contributed by atoms with E-state index in [0.717, 1.165) is 41.7 Å². The van der Waals surface area contributed by atoms with Crippen LogP contribution in [0.25, 0.3) is 22.2 Å². The highest BCUT2D eigenvalue weighted by Gasteiger charge is 2.20. The molecule has 0 radical (unpaired) electrons. The molecule has 3 aromatic heterocycles. The Morgan fingerprint density at radius 1 is 1.04 bits per heavy atom. The third-order valence-corrected chi connectivity index (χ3v) is 6.59. The molecule has 27 heavy (non-hydrogen) atoms. The monoisotopic (exact) mass is 405 g/mol. The Bertz CT molecular complexity index is 1050. The molecular weight excluding hydrogens is 386 g/mol. The summed E-state index contributed by atoms with van der Waals surface area (Å²) >= 11 is 5.97. The number of halogens is 1. The van der Waals surface area contributed by atoms with E-state index in [9.17, 15) is 8.42 Å². The molecule has 1 fully saturated rings. The fraction of sp³-hybridized carbons (Fsp3) is 0.389. The summed E-state index contributed by atoms with van der Waals surface area (Å²) in [5.41, 5.74) is 3.49. The third kappa shape index (κ3) is 4.45. The highest BCUT2D eigenvalue weighted by molar-refractivity contribution is 7.91. The molecule has 0 atom stereocenters. The number of sulfone groups is 1. The van der Waals surface area contributed by atoms with Crippen molar-refractivity contribution in [2.75, 3.05) is 31.1 Å². The van der Waals surface area contributed by atoms with E-state index >= 15 is 0 Å². The van der Waals surface area contributed by atoms with Crippen LogP contribution in [0.2, 0.25) is 5.15 Å². The van der Waals surface area contributed by atoms with Gasteiger partial charge in [-0.05, 0) is 31.2 Å². The van der Waals surface area contributed by atoms with Crippen molar-refractivity contribution in [1.29, 1.82) is 0 Å². The number of nitrogens with zero attached hydrogens (tertiary/aromatic N) is 5. The van der Waals surface area contributed by atoms with E-state index in [1.165, 1.54) is 0 Å². The standard InChI is InChI=1S/C18H20ClN5O2S/c19-18-3-2-16-17(22-18)10-14(11-20-16)15-12-21-24(13-15)5-1-4-23-6-8-27(25,26)9-7-23/h2-3,10-13H,1,4-9H2. The Morgan fingerprint density at radius 2 is 1.85 bits per heavy atom. The number of aryl methyl sites for hydroxylation is 1. The van der Waals surface area contributed by atoms with Gasteiger partial charge >= 0.3 is 0 Å². The van der Waals surface area contributed by atoms with E-state index in [2.05, 4.69) is 20.0 Å². The molecule has 0 aromatic carbocycles. The average Bonchev–Trinajstić information content (AvgIpc) is 3.11. The molecule has 0 amide bonds. The van der Waals surface area contributed by atoms with Gasteiger partial charge in [-0.2, -0.15) is 5.10 Å². The van der Waals surface area contributed by atoms with Gasteiger partial charge in [-0.1, -0.05) is 11.6 Å². The van der Waals surface area contributed by atoms with Crippen LogP contribution in [0, 0.1) is 0 Å². The van der Waals surface area contributed by atoms with Crippen molar-refractivity contribution in [2.24, 2.45) is 0 Å². The van der Waals surface area contributed by atoms with Crippen molar-refractivity contribution < 1.29 is 8.42 Å². The molecule has 9 heteroatoms. The predicted octanol–water partition coefficient (Wildman–Crippen LogP) is 2.27. The lowest BCUT2D eigenvalue weighted by Crippen LogP contribution is -2.40. The van der Waals surface area contributed by atoms with Gasteiger partial charge in [0.1, 0.15) is 5.15 Å². The quantitative estimate of drug-likeness (QED) is 0.606. The van der Waals surface area contributed by atoms with Crippen molar-refractivity contribution >= 4 is 32.5 Å². The molecule has 0 saturated carbocycles. The van der Waals surface area contributed by atoms with Crippen molar-refractivity contribution in [1.82, 2.24) is 24.6 Å². The van der Waals surface area contributed by atoms with Crippen LogP contribution in [0.4, 0.5) is 0 Å². The first-order valence-electron chi connectivity index (χ1n) is 8.86. The fourth-order valence-corrected chi connectivity index (χ4v) is 4.64. The third-order valence-electron chi connectivity index (χ3n) is 4.77. The van der Waals surface area contributed by atoms with Gasteiger partial charge in [-0.25, -0.2) is 13.4 Å². The molecule has 7 nitrogen and oxygen atoms in total. The molecule has 4 heterocycles. The smallest absolute Gasteiger partial charge is 0.152 e. The Kier molecular flexibility index (Phi) is 5.12. The Hall–Kier alpha value is -2.03. The maximum atomic E-state index is 11.5. The first kappa shape index (κ1) is 18.3. The molecule has 1 aliphatic rings. The Balaban J connectivity index is 1.37. The molecule has 4 rings (SSSR count). The second-order valence-electron chi connectivity index (χ2n) is 6.74. The summed E-state index contributed by atoms with van der Waals surface area (Å²) in [5, 5.41) is 4.87. The number of hydrogen-bond donors (Lipinski definition) is 0. The van der Waals surface area contributed by atoms with Gasteiger partial charge in [0, 0.05) is 43.2 Å². The number of aromatic nitrogens is 4. The van der Waals surface area contributed by atoms with Crippen molar-refractivity contribution in [3.05, 3.63) is 41.9 Å². The minimum Gasteiger partial charge on any atom is -0.301 e. The number of fused-ring (bicyclic) bond motifs is 1. The average molecular weight is 406 g/mol. The van der Waals surface area contributed by atoms with Gasteiger partial charge in [-0.3, -0.25) is 9.67 Å². The minimum atomic E-state index is -2.82. The maximum absolute atomic E-state index is 11.5. The summed E-state index contributed by atoms with van der Waals surface area (Å²) in [6.07, 6.45) is 6.55. The lowest BCUT2D eigenvalue weighted by atomic mass is 10.1. The van der Waals surface area contributed by atoms with Crippen LogP contribution in [0.5, 0.6) is 0 Å². The van der Waals surface area contributed by atoms with Crippen LogP contribution in [-0.2, 0) is 16.4 Å². The fourth-order valence-electron chi connectivity index (χ4n) is 3.20. The lowest BCUT2D eigenvalue weighted by Gasteiger charge is -2.26. The zero-order chi connectivity index (χ0) is 18.9. The van der Waals surface area contributed by atoms with Crippen LogP contribution in [0.3, 0.4) is 0 Å². The predicted molar refractivity (Wildman–Crippen MR) is 105 cm³/mol. The molecule has 0 N–H and O–H groups in total. The SMILES string of the molecule is O=S1(=O)CCN(CCCn2cc(-c3cnc4ccc(Cl)nc4c3)cn2)CC1. The maximum Gasteiger partial charge on any atom is 0.152 e. The lowest BCUT2D eigenvalue weighted by molar-refractivity contribution is 0.284. The molecule has 142 valence electrons. The molecule has 0 aliphatic carbocycles. The molecule has 0 bridgehead atoms. The zero-order valence-electron chi connectivity index (χ0n) is 14.8. The van der Waals surface area contributed by atoms with E-state index in [1.54, 1.807) is 6.07 Å². The Labute approximate surface area is 162 Å². The molecule has 1 saturated heterocycles. The Morgan fingerprint density at radius 3 is 2.67 bits per heavy atom. The van der Waals surface area contributed by atoms with Gasteiger partial charge < -0.3 is 4.90 Å². The summed E-state index contributed by atoms with van der Waals surface area (Å²) in [5.74, 6) is 0.540. The van der Waals surface area contributed by atoms with Gasteiger partial charge in [0.05, 0.1) is 28.7 Å². The molecular formula is C18H20ClN5O2S. The van der Waals surface area contributed by atoms with Crippen LogP contribution < -0.4 is 0 Å². The van der Waals surface area contributed by atoms with Crippen LogP contribution in [-0.4, -0.2) is 64.2 Å². The summed E-state index contributed by atoms with van der Waals surface area (Å²) < 4.78 is 24.9. The molecule has 0 unspecified atom stereocenters. The van der Waals surface area contributed by atoms with E-state index in [0.29, 0.717) is 18.2 Å². The zero-order valence-corrected chi connectivity index (χ0v) is 16.3. The van der Waals surface area contributed by atoms with E-state index < -0.39 is 9.84 Å². The van der Waals surface area contributed by atoms with Crippen LogP contribution in [0.15, 0.2) is 36.8 Å². The first-order valence-corrected chi connectivity index (χ1v) is 11.1. The van der Waals surface area contributed by atoms with Crippen LogP contribution >= 0.6 is 11.6 Å². The summed E-state index contributed by atoms with van der Waals surface area (Å²) in [7, 11) is -2.82. The summed E-state index contributed by atoms with van der Waals surface area (Å²) in [6, 6.07) is 5.54. The van der Waals surface area contributed by atoms with E-state index in [4.69, 9.17) is 11.6 Å². The highest BCUT2D eigenvalue weighted by atomic mass is 35.5. The van der Waals surface area contributed by atoms with Gasteiger partial charge in [-0.15, -0.1) is 0 Å². The normalized spacial score (nSPS) is 17.4. The molecule has 1 aliphatic heterocycles. The van der Waals surface area contributed by atoms with E-state index in [-0.39, 0.29) is 11.5 Å². The largest absolute Gasteiger partial charge is 0.301 e. The first-order chi connectivity index (χ1) is 13.0. The topological polar surface area (TPSA) is 81.0 Å². The van der Waals surface area contributed by atoms with Crippen molar-refractivity contribution in [3.8, 4) is 11.1 Å². The van der Waals surface area contributed by atoms with Crippen molar-refractivity contribution in [2.45, 2.75) is 13.0 Å². The highest BCUT2D eigenvalue weighted by Crippen LogP contribution is 2.22. The van der Waals surface area contributed by atoms with Gasteiger partial charge in [0.2, 0.25) is 0 Å². The second-order valence-corrected chi connectivity index (χ2v) is 9.43. The number of rotatable bonds is 5. The summed E-state index contributed by atoms with van der Waals surface area (Å²) in [4.78, 5) is 10.9. The van der Waals surface area contributed by atoms with Crippen molar-refractivity contribution in [3.63, 3.8) is 0 Å². The summed E-state index contributed by atoms with van der Waals surface area (Å²) in [6.45, 7) is 2.93. The minimum absolute atomic E-state index is 0.270. The molecule has 3 aromatic rings. The van der Waals surface area contributed by atoms with Gasteiger partial charge in [0.25, 0.3) is 0 Å². The number of pyridine rings is 2. The van der Waals surface area contributed by atoms with Gasteiger partial charge in [0.15, 0.2) is 9.84 Å². The van der Waals surface area contributed by atoms with E-state index in [1.807, 2.05) is 35.4 Å². The molecule has 0 spiro atoms.